The van der Waals surface area contributed by atoms with Gasteiger partial charge in [-0.2, -0.15) is 0 Å². The number of carbonyl (C=O) groups is 1. The van der Waals surface area contributed by atoms with Crippen molar-refractivity contribution in [3.05, 3.63) is 0 Å². The molecule has 1 rings (SSSR count). The van der Waals surface area contributed by atoms with Crippen LogP contribution in [0.15, 0.2) is 4.99 Å². The molecule has 0 aromatic heterocycles. The summed E-state index contributed by atoms with van der Waals surface area (Å²) >= 11 is 5.22. The van der Waals surface area contributed by atoms with Crippen molar-refractivity contribution in [3.63, 3.8) is 0 Å². The highest BCUT2D eigenvalue weighted by molar-refractivity contribution is 7.80. The summed E-state index contributed by atoms with van der Waals surface area (Å²) in [5.74, 6) is 0.232. The SMILES string of the molecule is COC(=O)CN=C(C)NC(=S)N1CCOCC1. The van der Waals surface area contributed by atoms with Crippen molar-refractivity contribution in [3.8, 4) is 0 Å². The van der Waals surface area contributed by atoms with Crippen LogP contribution in [0.25, 0.3) is 0 Å². The average Bonchev–Trinajstić information content (AvgIpc) is 2.36. The number of hydrogen-bond acceptors (Lipinski definition) is 5. The maximum Gasteiger partial charge on any atom is 0.327 e. The lowest BCUT2D eigenvalue weighted by Gasteiger charge is -2.29. The summed E-state index contributed by atoms with van der Waals surface area (Å²) in [6.45, 7) is 4.67. The van der Waals surface area contributed by atoms with Gasteiger partial charge >= 0.3 is 5.97 Å². The molecule has 0 atom stereocenters. The highest BCUT2D eigenvalue weighted by Gasteiger charge is 2.13. The zero-order chi connectivity index (χ0) is 12.7. The Kier molecular flexibility index (Phi) is 5.85. The fraction of sp³-hybridized carbons (Fsp3) is 0.700. The molecule has 0 saturated carbocycles. The number of amidine groups is 1. The van der Waals surface area contributed by atoms with Gasteiger partial charge in [0.2, 0.25) is 0 Å². The molecule has 0 aromatic carbocycles. The van der Waals surface area contributed by atoms with Crippen molar-refractivity contribution in [2.45, 2.75) is 6.92 Å². The van der Waals surface area contributed by atoms with E-state index in [0.29, 0.717) is 24.2 Å². The van der Waals surface area contributed by atoms with Gasteiger partial charge in [0.15, 0.2) is 5.11 Å². The number of hydrogen-bond donors (Lipinski definition) is 1. The number of ether oxygens (including phenoxy) is 2. The molecule has 0 unspecified atom stereocenters. The molecular formula is C10H17N3O3S. The van der Waals surface area contributed by atoms with Crippen molar-refractivity contribution in [2.24, 2.45) is 4.99 Å². The molecular weight excluding hydrogens is 242 g/mol. The predicted molar refractivity (Wildman–Crippen MR) is 68.1 cm³/mol. The van der Waals surface area contributed by atoms with E-state index in [1.54, 1.807) is 6.92 Å². The fourth-order valence-corrected chi connectivity index (χ4v) is 1.62. The highest BCUT2D eigenvalue weighted by Crippen LogP contribution is 1.97. The molecule has 0 aliphatic carbocycles. The summed E-state index contributed by atoms with van der Waals surface area (Å²) in [6.07, 6.45) is 0. The Labute approximate surface area is 106 Å². The fourth-order valence-electron chi connectivity index (χ4n) is 1.29. The second-order valence-electron chi connectivity index (χ2n) is 3.51. The number of aliphatic imine (C=N–C) groups is 1. The molecule has 7 heteroatoms. The molecule has 0 amide bonds. The number of nitrogens with one attached hydrogen (secondary N) is 1. The van der Waals surface area contributed by atoms with E-state index in [2.05, 4.69) is 15.0 Å². The number of morpholine rings is 1. The minimum absolute atomic E-state index is 0.00105. The average molecular weight is 259 g/mol. The van der Waals surface area contributed by atoms with E-state index >= 15 is 0 Å². The van der Waals surface area contributed by atoms with Crippen LogP contribution < -0.4 is 5.32 Å². The van der Waals surface area contributed by atoms with Crippen molar-refractivity contribution < 1.29 is 14.3 Å². The van der Waals surface area contributed by atoms with Gasteiger partial charge in [-0.15, -0.1) is 0 Å². The smallest absolute Gasteiger partial charge is 0.327 e. The Morgan fingerprint density at radius 1 is 1.53 bits per heavy atom. The van der Waals surface area contributed by atoms with Gasteiger partial charge in [-0.05, 0) is 19.1 Å². The van der Waals surface area contributed by atoms with Gasteiger partial charge in [0, 0.05) is 13.1 Å². The van der Waals surface area contributed by atoms with Gasteiger partial charge in [-0.3, -0.25) is 9.79 Å². The summed E-state index contributed by atoms with van der Waals surface area (Å²) in [6, 6.07) is 0. The Morgan fingerprint density at radius 3 is 2.76 bits per heavy atom. The van der Waals surface area contributed by atoms with E-state index in [9.17, 15) is 4.79 Å². The maximum atomic E-state index is 10.9. The quantitative estimate of drug-likeness (QED) is 0.320. The van der Waals surface area contributed by atoms with Gasteiger partial charge in [-0.1, -0.05) is 0 Å². The highest BCUT2D eigenvalue weighted by atomic mass is 32.1. The first kappa shape index (κ1) is 13.9. The normalized spacial score (nSPS) is 16.6. The van der Waals surface area contributed by atoms with E-state index in [4.69, 9.17) is 17.0 Å². The first-order chi connectivity index (χ1) is 8.13. The molecule has 6 nitrogen and oxygen atoms in total. The number of nitrogens with zero attached hydrogens (tertiary/aromatic N) is 2. The van der Waals surface area contributed by atoms with Crippen molar-refractivity contribution in [1.29, 1.82) is 0 Å². The topological polar surface area (TPSA) is 63.2 Å². The molecule has 1 aliphatic heterocycles. The molecule has 96 valence electrons. The Hall–Kier alpha value is -1.21. The molecule has 1 heterocycles. The van der Waals surface area contributed by atoms with Gasteiger partial charge in [-0.25, -0.2) is 0 Å². The van der Waals surface area contributed by atoms with Gasteiger partial charge in [0.05, 0.1) is 26.2 Å². The van der Waals surface area contributed by atoms with Crippen LogP contribution in [0, 0.1) is 0 Å². The Balaban J connectivity index is 2.36. The minimum Gasteiger partial charge on any atom is -0.468 e. The molecule has 1 fully saturated rings. The molecule has 1 N–H and O–H groups in total. The first-order valence-electron chi connectivity index (χ1n) is 5.35. The van der Waals surface area contributed by atoms with Crippen LogP contribution in [0.5, 0.6) is 0 Å². The van der Waals surface area contributed by atoms with Gasteiger partial charge < -0.3 is 19.7 Å². The van der Waals surface area contributed by atoms with Gasteiger partial charge in [0.1, 0.15) is 6.54 Å². The number of rotatable bonds is 2. The zero-order valence-electron chi connectivity index (χ0n) is 10.1. The van der Waals surface area contributed by atoms with E-state index in [1.165, 1.54) is 7.11 Å². The summed E-state index contributed by atoms with van der Waals surface area (Å²) in [5.41, 5.74) is 0. The minimum atomic E-state index is -0.372. The lowest BCUT2D eigenvalue weighted by molar-refractivity contribution is -0.138. The lowest BCUT2D eigenvalue weighted by atomic mass is 10.4. The number of methoxy groups -OCH3 is 1. The van der Waals surface area contributed by atoms with Crippen LogP contribution in [-0.4, -0.2) is 61.8 Å². The van der Waals surface area contributed by atoms with Crippen LogP contribution in [0.4, 0.5) is 0 Å². The molecule has 0 spiro atoms. The predicted octanol–water partition coefficient (Wildman–Crippen LogP) is -0.215. The summed E-state index contributed by atoms with van der Waals surface area (Å²) in [7, 11) is 1.33. The van der Waals surface area contributed by atoms with Crippen LogP contribution in [0.1, 0.15) is 6.92 Å². The van der Waals surface area contributed by atoms with Crippen molar-refractivity contribution in [2.75, 3.05) is 40.0 Å². The third kappa shape index (κ3) is 5.10. The standard InChI is InChI=1S/C10H17N3O3S/c1-8(11-7-9(14)15-2)12-10(17)13-3-5-16-6-4-13/h3-7H2,1-2H3,(H,11,12,17). The second-order valence-corrected chi connectivity index (χ2v) is 3.89. The molecule has 0 bridgehead atoms. The van der Waals surface area contributed by atoms with Gasteiger partial charge in [0.25, 0.3) is 0 Å². The van der Waals surface area contributed by atoms with Crippen molar-refractivity contribution >= 4 is 29.1 Å². The summed E-state index contributed by atoms with van der Waals surface area (Å²) in [4.78, 5) is 16.9. The third-order valence-electron chi connectivity index (χ3n) is 2.26. The number of thiocarbonyl (C=S) groups is 1. The van der Waals surface area contributed by atoms with Crippen LogP contribution in [-0.2, 0) is 14.3 Å². The van der Waals surface area contributed by atoms with E-state index in [1.807, 2.05) is 4.90 Å². The number of carbonyl (C=O) groups excluding carboxylic acids is 1. The van der Waals surface area contributed by atoms with Crippen LogP contribution >= 0.6 is 12.2 Å². The Morgan fingerprint density at radius 2 is 2.18 bits per heavy atom. The van der Waals surface area contributed by atoms with E-state index in [0.717, 1.165) is 13.1 Å². The molecule has 1 saturated heterocycles. The summed E-state index contributed by atoms with van der Waals surface area (Å²) < 4.78 is 9.72. The van der Waals surface area contributed by atoms with Crippen LogP contribution in [0.3, 0.4) is 0 Å². The monoisotopic (exact) mass is 259 g/mol. The van der Waals surface area contributed by atoms with E-state index in [-0.39, 0.29) is 12.5 Å². The lowest BCUT2D eigenvalue weighted by Crippen LogP contribution is -2.47. The molecule has 17 heavy (non-hydrogen) atoms. The second kappa shape index (κ2) is 7.18. The third-order valence-corrected chi connectivity index (χ3v) is 2.62. The maximum absolute atomic E-state index is 10.9. The number of esters is 1. The summed E-state index contributed by atoms with van der Waals surface area (Å²) in [5, 5.41) is 3.58. The largest absolute Gasteiger partial charge is 0.468 e. The first-order valence-corrected chi connectivity index (χ1v) is 5.76. The molecule has 0 aromatic rings. The van der Waals surface area contributed by atoms with E-state index < -0.39 is 0 Å². The Bertz CT molecular complexity index is 314. The van der Waals surface area contributed by atoms with Crippen LogP contribution in [0.2, 0.25) is 0 Å². The molecule has 1 aliphatic rings. The molecule has 0 radical (unpaired) electrons. The van der Waals surface area contributed by atoms with Crippen molar-refractivity contribution in [1.82, 2.24) is 10.2 Å². The zero-order valence-corrected chi connectivity index (χ0v) is 10.9.